The Hall–Kier alpha value is -1.07. The number of amides is 1. The Labute approximate surface area is 102 Å². The van der Waals surface area contributed by atoms with Gasteiger partial charge in [-0.15, -0.1) is 0 Å². The number of benzene rings is 1. The largest absolute Gasteiger partial charge is 0.507 e. The third-order valence-corrected chi connectivity index (χ3v) is 2.98. The quantitative estimate of drug-likeness (QED) is 0.853. The second kappa shape index (κ2) is 4.84. The highest BCUT2D eigenvalue weighted by Gasteiger charge is 2.21. The zero-order chi connectivity index (χ0) is 11.5. The lowest BCUT2D eigenvalue weighted by molar-refractivity contribution is 0.0301. The molecule has 0 saturated carbocycles. The minimum Gasteiger partial charge on any atom is -0.507 e. The summed E-state index contributed by atoms with van der Waals surface area (Å²) in [4.78, 5) is 13.7. The third-order valence-electron chi connectivity index (χ3n) is 2.49. The molecule has 0 radical (unpaired) electrons. The van der Waals surface area contributed by atoms with E-state index in [-0.39, 0.29) is 11.7 Å². The van der Waals surface area contributed by atoms with Crippen LogP contribution >= 0.6 is 15.9 Å². The molecule has 1 amide bonds. The van der Waals surface area contributed by atoms with Gasteiger partial charge < -0.3 is 14.7 Å². The molecule has 0 bridgehead atoms. The second-order valence-electron chi connectivity index (χ2n) is 3.57. The molecule has 0 atom stereocenters. The summed E-state index contributed by atoms with van der Waals surface area (Å²) >= 11 is 3.28. The highest BCUT2D eigenvalue weighted by atomic mass is 79.9. The molecule has 1 aliphatic rings. The predicted molar refractivity (Wildman–Crippen MR) is 62.5 cm³/mol. The molecule has 16 heavy (non-hydrogen) atoms. The fourth-order valence-electron chi connectivity index (χ4n) is 1.62. The third kappa shape index (κ3) is 2.36. The van der Waals surface area contributed by atoms with E-state index in [1.165, 1.54) is 6.07 Å². The van der Waals surface area contributed by atoms with Crippen molar-refractivity contribution in [1.82, 2.24) is 4.90 Å². The van der Waals surface area contributed by atoms with Gasteiger partial charge in [0.15, 0.2) is 0 Å². The fraction of sp³-hybridized carbons (Fsp3) is 0.364. The summed E-state index contributed by atoms with van der Waals surface area (Å²) in [5, 5.41) is 9.64. The van der Waals surface area contributed by atoms with E-state index in [9.17, 15) is 9.90 Å². The first kappa shape index (κ1) is 11.4. The lowest BCUT2D eigenvalue weighted by Crippen LogP contribution is -2.40. The van der Waals surface area contributed by atoms with Crippen LogP contribution in [0.25, 0.3) is 0 Å². The van der Waals surface area contributed by atoms with Crippen molar-refractivity contribution in [2.24, 2.45) is 0 Å². The van der Waals surface area contributed by atoms with Crippen molar-refractivity contribution in [2.75, 3.05) is 26.3 Å². The van der Waals surface area contributed by atoms with Crippen molar-refractivity contribution in [3.63, 3.8) is 0 Å². The number of halogens is 1. The molecular formula is C11H12BrNO3. The van der Waals surface area contributed by atoms with Crippen LogP contribution in [0.2, 0.25) is 0 Å². The van der Waals surface area contributed by atoms with Gasteiger partial charge in [0.25, 0.3) is 5.91 Å². The molecule has 1 heterocycles. The minimum atomic E-state index is -0.151. The molecule has 1 saturated heterocycles. The van der Waals surface area contributed by atoms with Crippen molar-refractivity contribution >= 4 is 21.8 Å². The van der Waals surface area contributed by atoms with E-state index in [2.05, 4.69) is 15.9 Å². The Morgan fingerprint density at radius 3 is 2.75 bits per heavy atom. The van der Waals surface area contributed by atoms with Gasteiger partial charge in [-0.3, -0.25) is 4.79 Å². The van der Waals surface area contributed by atoms with Crippen molar-refractivity contribution in [3.8, 4) is 5.75 Å². The number of phenols is 1. The minimum absolute atomic E-state index is 0.0136. The molecule has 2 rings (SSSR count). The fourth-order valence-corrected chi connectivity index (χ4v) is 1.98. The van der Waals surface area contributed by atoms with Crippen molar-refractivity contribution in [3.05, 3.63) is 28.2 Å². The zero-order valence-electron chi connectivity index (χ0n) is 8.65. The number of aromatic hydroxyl groups is 1. The topological polar surface area (TPSA) is 49.8 Å². The van der Waals surface area contributed by atoms with Crippen LogP contribution in [-0.4, -0.2) is 42.2 Å². The van der Waals surface area contributed by atoms with E-state index >= 15 is 0 Å². The average molecular weight is 286 g/mol. The summed E-state index contributed by atoms with van der Waals surface area (Å²) in [6.45, 7) is 2.26. The number of rotatable bonds is 1. The van der Waals surface area contributed by atoms with Gasteiger partial charge in [0.2, 0.25) is 0 Å². The van der Waals surface area contributed by atoms with E-state index in [4.69, 9.17) is 4.74 Å². The predicted octanol–water partition coefficient (Wildman–Crippen LogP) is 1.63. The smallest absolute Gasteiger partial charge is 0.257 e. The van der Waals surface area contributed by atoms with Gasteiger partial charge in [0.1, 0.15) is 5.75 Å². The highest BCUT2D eigenvalue weighted by molar-refractivity contribution is 9.10. The number of carbonyl (C=O) groups excluding carboxylic acids is 1. The molecule has 1 aromatic carbocycles. The summed E-state index contributed by atoms with van der Waals surface area (Å²) in [5.74, 6) is -0.137. The average Bonchev–Trinajstić information content (AvgIpc) is 2.32. The number of phenolic OH excluding ortho intramolecular Hbond substituents is 1. The zero-order valence-corrected chi connectivity index (χ0v) is 10.2. The molecule has 0 aromatic heterocycles. The van der Waals surface area contributed by atoms with E-state index in [0.29, 0.717) is 31.9 Å². The van der Waals surface area contributed by atoms with E-state index < -0.39 is 0 Å². The lowest BCUT2D eigenvalue weighted by atomic mass is 10.1. The van der Waals surface area contributed by atoms with Gasteiger partial charge in [-0.25, -0.2) is 0 Å². The summed E-state index contributed by atoms with van der Waals surface area (Å²) in [5.41, 5.74) is 0.330. The Morgan fingerprint density at radius 1 is 1.38 bits per heavy atom. The van der Waals surface area contributed by atoms with Crippen LogP contribution < -0.4 is 0 Å². The molecule has 0 aliphatic carbocycles. The van der Waals surface area contributed by atoms with E-state index in [0.717, 1.165) is 4.47 Å². The summed E-state index contributed by atoms with van der Waals surface area (Å²) in [6, 6.07) is 4.84. The molecule has 1 aromatic rings. The molecule has 1 fully saturated rings. The maximum absolute atomic E-state index is 12.1. The number of ether oxygens (including phenoxy) is 1. The number of morpholine rings is 1. The van der Waals surface area contributed by atoms with Gasteiger partial charge in [0, 0.05) is 17.6 Å². The van der Waals surface area contributed by atoms with Crippen molar-refractivity contribution in [1.29, 1.82) is 0 Å². The van der Waals surface area contributed by atoms with Gasteiger partial charge in [-0.1, -0.05) is 15.9 Å². The molecule has 0 unspecified atom stereocenters. The van der Waals surface area contributed by atoms with Crippen LogP contribution in [0.3, 0.4) is 0 Å². The standard InChI is InChI=1S/C11H12BrNO3/c12-8-1-2-10(14)9(7-8)11(15)13-3-5-16-6-4-13/h1-2,7,14H,3-6H2. The maximum Gasteiger partial charge on any atom is 0.257 e. The lowest BCUT2D eigenvalue weighted by Gasteiger charge is -2.27. The normalized spacial score (nSPS) is 16.2. The monoisotopic (exact) mass is 285 g/mol. The highest BCUT2D eigenvalue weighted by Crippen LogP contribution is 2.23. The summed E-state index contributed by atoms with van der Waals surface area (Å²) < 4.78 is 5.95. The molecule has 86 valence electrons. The van der Waals surface area contributed by atoms with Crippen LogP contribution in [-0.2, 0) is 4.74 Å². The molecule has 5 heteroatoms. The number of nitrogens with zero attached hydrogens (tertiary/aromatic N) is 1. The van der Waals surface area contributed by atoms with E-state index in [1.807, 2.05) is 0 Å². The Kier molecular flexibility index (Phi) is 3.46. The molecule has 1 N–H and O–H groups in total. The van der Waals surface area contributed by atoms with Crippen LogP contribution in [0.15, 0.2) is 22.7 Å². The van der Waals surface area contributed by atoms with Crippen molar-refractivity contribution < 1.29 is 14.6 Å². The first-order valence-corrected chi connectivity index (χ1v) is 5.83. The van der Waals surface area contributed by atoms with Gasteiger partial charge in [-0.2, -0.15) is 0 Å². The summed E-state index contributed by atoms with van der Waals surface area (Å²) in [6.07, 6.45) is 0. The van der Waals surface area contributed by atoms with Gasteiger partial charge >= 0.3 is 0 Å². The van der Waals surface area contributed by atoms with Crippen LogP contribution in [0.1, 0.15) is 10.4 Å². The van der Waals surface area contributed by atoms with Crippen molar-refractivity contribution in [2.45, 2.75) is 0 Å². The SMILES string of the molecule is O=C(c1cc(Br)ccc1O)N1CCOCC1. The maximum atomic E-state index is 12.1. The Bertz CT molecular complexity index is 402. The molecule has 4 nitrogen and oxygen atoms in total. The van der Waals surface area contributed by atoms with Gasteiger partial charge in [0.05, 0.1) is 18.8 Å². The number of carbonyl (C=O) groups is 1. The second-order valence-corrected chi connectivity index (χ2v) is 4.48. The number of hydrogen-bond acceptors (Lipinski definition) is 3. The Morgan fingerprint density at radius 2 is 2.06 bits per heavy atom. The molecule has 1 aliphatic heterocycles. The van der Waals surface area contributed by atoms with Crippen LogP contribution in [0, 0.1) is 0 Å². The first-order valence-electron chi connectivity index (χ1n) is 5.04. The van der Waals surface area contributed by atoms with E-state index in [1.54, 1.807) is 17.0 Å². The first-order chi connectivity index (χ1) is 7.68. The number of hydrogen-bond donors (Lipinski definition) is 1. The molecule has 0 spiro atoms. The Balaban J connectivity index is 2.22. The van der Waals surface area contributed by atoms with Gasteiger partial charge in [-0.05, 0) is 18.2 Å². The van der Waals surface area contributed by atoms with Crippen LogP contribution in [0.4, 0.5) is 0 Å². The summed E-state index contributed by atoms with van der Waals surface area (Å²) in [7, 11) is 0. The molecular weight excluding hydrogens is 274 g/mol. The van der Waals surface area contributed by atoms with Crippen LogP contribution in [0.5, 0.6) is 5.75 Å².